The molecule has 2 aliphatic heterocycles. The molecule has 0 radical (unpaired) electrons. The fourth-order valence-electron chi connectivity index (χ4n) is 3.67. The van der Waals surface area contributed by atoms with Crippen LogP contribution in [0.2, 0.25) is 0 Å². The van der Waals surface area contributed by atoms with Crippen LogP contribution in [0.5, 0.6) is 0 Å². The van der Waals surface area contributed by atoms with Gasteiger partial charge in [-0.15, -0.1) is 11.3 Å². The Balaban J connectivity index is 1.82. The first-order valence-corrected chi connectivity index (χ1v) is 8.90. The number of morpholine rings is 1. The molecule has 0 spiro atoms. The van der Waals surface area contributed by atoms with E-state index in [1.54, 1.807) is 0 Å². The number of ether oxygens (including phenoxy) is 1. The van der Waals surface area contributed by atoms with E-state index in [0.29, 0.717) is 6.04 Å². The second-order valence-corrected chi connectivity index (χ2v) is 7.08. The van der Waals surface area contributed by atoms with Crippen LogP contribution in [-0.2, 0) is 11.2 Å². The number of hydrogen-bond acceptors (Lipinski definition) is 4. The highest BCUT2D eigenvalue weighted by molar-refractivity contribution is 7.10. The average molecular weight is 314 g/mol. The molecule has 0 bridgehead atoms. The molecule has 1 unspecified atom stereocenters. The summed E-state index contributed by atoms with van der Waals surface area (Å²) in [7, 11) is 2.25. The summed E-state index contributed by atoms with van der Waals surface area (Å²) < 4.78 is 5.54. The number of rotatable bonds is 2. The quantitative estimate of drug-likeness (QED) is 0.847. The third-order valence-electron chi connectivity index (χ3n) is 4.79. The van der Waals surface area contributed by atoms with Crippen molar-refractivity contribution in [2.75, 3.05) is 44.8 Å². The molecule has 22 heavy (non-hydrogen) atoms. The van der Waals surface area contributed by atoms with Crippen LogP contribution < -0.4 is 4.90 Å². The Bertz CT molecular complexity index is 635. The third-order valence-corrected chi connectivity index (χ3v) is 5.71. The Labute approximate surface area is 136 Å². The van der Waals surface area contributed by atoms with Gasteiger partial charge >= 0.3 is 0 Å². The third kappa shape index (κ3) is 2.45. The monoisotopic (exact) mass is 314 g/mol. The Morgan fingerprint density at radius 1 is 1.09 bits per heavy atom. The number of thiophene rings is 1. The average Bonchev–Trinajstić information content (AvgIpc) is 3.09. The van der Waals surface area contributed by atoms with Crippen molar-refractivity contribution in [2.45, 2.75) is 12.5 Å². The van der Waals surface area contributed by atoms with Crippen LogP contribution in [0.4, 0.5) is 5.69 Å². The summed E-state index contributed by atoms with van der Waals surface area (Å²) in [5, 5.41) is 2.19. The molecule has 0 saturated carbocycles. The summed E-state index contributed by atoms with van der Waals surface area (Å²) in [5.74, 6) is 0. The van der Waals surface area contributed by atoms with Gasteiger partial charge in [0.25, 0.3) is 0 Å². The number of nitrogens with zero attached hydrogens (tertiary/aromatic N) is 2. The SMILES string of the molecule is CN1CCc2cccc(N3CCOCC3)c2C1c1cccs1. The molecule has 0 aliphatic carbocycles. The van der Waals surface area contributed by atoms with Gasteiger partial charge in [0.05, 0.1) is 19.3 Å². The predicted octanol–water partition coefficient (Wildman–Crippen LogP) is 3.16. The van der Waals surface area contributed by atoms with Gasteiger partial charge in [-0.1, -0.05) is 18.2 Å². The molecule has 2 aliphatic rings. The summed E-state index contributed by atoms with van der Waals surface area (Å²) in [6.07, 6.45) is 1.14. The van der Waals surface area contributed by atoms with E-state index in [1.807, 2.05) is 11.3 Å². The second-order valence-electron chi connectivity index (χ2n) is 6.10. The topological polar surface area (TPSA) is 15.7 Å². The number of benzene rings is 1. The van der Waals surface area contributed by atoms with E-state index >= 15 is 0 Å². The van der Waals surface area contributed by atoms with Crippen LogP contribution >= 0.6 is 11.3 Å². The molecule has 1 saturated heterocycles. The van der Waals surface area contributed by atoms with Gasteiger partial charge < -0.3 is 9.64 Å². The zero-order valence-corrected chi connectivity index (χ0v) is 13.8. The van der Waals surface area contributed by atoms with E-state index in [9.17, 15) is 0 Å². The zero-order chi connectivity index (χ0) is 14.9. The lowest BCUT2D eigenvalue weighted by molar-refractivity contribution is 0.122. The molecule has 1 aromatic heterocycles. The molecule has 0 N–H and O–H groups in total. The van der Waals surface area contributed by atoms with Crippen LogP contribution in [0.25, 0.3) is 0 Å². The first kappa shape index (κ1) is 14.2. The van der Waals surface area contributed by atoms with Crippen molar-refractivity contribution in [2.24, 2.45) is 0 Å². The number of fused-ring (bicyclic) bond motifs is 1. The summed E-state index contributed by atoms with van der Waals surface area (Å²) in [4.78, 5) is 6.45. The number of hydrogen-bond donors (Lipinski definition) is 0. The van der Waals surface area contributed by atoms with Crippen molar-refractivity contribution in [3.63, 3.8) is 0 Å². The van der Waals surface area contributed by atoms with E-state index in [4.69, 9.17) is 4.74 Å². The molecule has 2 aromatic rings. The van der Waals surface area contributed by atoms with Crippen LogP contribution in [0, 0.1) is 0 Å². The molecule has 1 aromatic carbocycles. The lowest BCUT2D eigenvalue weighted by Gasteiger charge is -2.39. The van der Waals surface area contributed by atoms with E-state index in [0.717, 1.165) is 39.3 Å². The molecule has 3 heterocycles. The Morgan fingerprint density at radius 2 is 1.95 bits per heavy atom. The molecule has 1 atom stereocenters. The second kappa shape index (κ2) is 6.03. The van der Waals surface area contributed by atoms with Gasteiger partial charge in [-0.3, -0.25) is 4.90 Å². The minimum absolute atomic E-state index is 0.391. The van der Waals surface area contributed by atoms with Gasteiger partial charge in [0, 0.05) is 35.8 Å². The fourth-order valence-corrected chi connectivity index (χ4v) is 4.56. The van der Waals surface area contributed by atoms with E-state index in [-0.39, 0.29) is 0 Å². The summed E-state index contributed by atoms with van der Waals surface area (Å²) >= 11 is 1.87. The van der Waals surface area contributed by atoms with E-state index in [2.05, 4.69) is 52.6 Å². The Morgan fingerprint density at radius 3 is 2.73 bits per heavy atom. The molecule has 1 fully saturated rings. The fraction of sp³-hybridized carbons (Fsp3) is 0.444. The van der Waals surface area contributed by atoms with Crippen molar-refractivity contribution in [3.05, 3.63) is 51.7 Å². The van der Waals surface area contributed by atoms with Gasteiger partial charge in [-0.25, -0.2) is 0 Å². The van der Waals surface area contributed by atoms with Crippen LogP contribution in [0.3, 0.4) is 0 Å². The largest absolute Gasteiger partial charge is 0.378 e. The molecule has 3 nitrogen and oxygen atoms in total. The predicted molar refractivity (Wildman–Crippen MR) is 92.0 cm³/mol. The van der Waals surface area contributed by atoms with Crippen molar-refractivity contribution in [1.82, 2.24) is 4.90 Å². The smallest absolute Gasteiger partial charge is 0.0716 e. The van der Waals surface area contributed by atoms with Crippen molar-refractivity contribution < 1.29 is 4.74 Å². The maximum atomic E-state index is 5.54. The molecule has 0 amide bonds. The molecular formula is C18H22N2OS. The number of anilines is 1. The Hall–Kier alpha value is -1.36. The highest BCUT2D eigenvalue weighted by Crippen LogP contribution is 2.41. The summed E-state index contributed by atoms with van der Waals surface area (Å²) in [5.41, 5.74) is 4.44. The standard InChI is InChI=1S/C18H22N2OS/c1-19-8-7-14-4-2-5-15(20-9-11-21-12-10-20)17(14)18(19)16-6-3-13-22-16/h2-6,13,18H,7-12H2,1H3. The van der Waals surface area contributed by atoms with Gasteiger partial charge in [0.1, 0.15) is 0 Å². The van der Waals surface area contributed by atoms with Crippen LogP contribution in [-0.4, -0.2) is 44.8 Å². The number of likely N-dealkylation sites (N-methyl/N-ethyl adjacent to an activating group) is 1. The highest BCUT2D eigenvalue weighted by Gasteiger charge is 2.31. The zero-order valence-electron chi connectivity index (χ0n) is 13.0. The van der Waals surface area contributed by atoms with Crippen molar-refractivity contribution in [1.29, 1.82) is 0 Å². The van der Waals surface area contributed by atoms with Gasteiger partial charge in [0.15, 0.2) is 0 Å². The van der Waals surface area contributed by atoms with Crippen molar-refractivity contribution >= 4 is 17.0 Å². The first-order valence-electron chi connectivity index (χ1n) is 8.03. The van der Waals surface area contributed by atoms with Crippen LogP contribution in [0.15, 0.2) is 35.7 Å². The maximum absolute atomic E-state index is 5.54. The lowest BCUT2D eigenvalue weighted by Crippen LogP contribution is -2.39. The normalized spacial score (nSPS) is 22.6. The summed E-state index contributed by atoms with van der Waals surface area (Å²) in [6, 6.07) is 11.7. The van der Waals surface area contributed by atoms with E-state index < -0.39 is 0 Å². The van der Waals surface area contributed by atoms with Crippen molar-refractivity contribution in [3.8, 4) is 0 Å². The Kier molecular flexibility index (Phi) is 3.90. The lowest BCUT2D eigenvalue weighted by atomic mass is 9.90. The van der Waals surface area contributed by atoms with Gasteiger partial charge in [0.2, 0.25) is 0 Å². The minimum atomic E-state index is 0.391. The molecular weight excluding hydrogens is 292 g/mol. The van der Waals surface area contributed by atoms with Crippen LogP contribution in [0.1, 0.15) is 22.0 Å². The van der Waals surface area contributed by atoms with Gasteiger partial charge in [-0.05, 0) is 36.5 Å². The first-order chi connectivity index (χ1) is 10.8. The molecule has 116 valence electrons. The highest BCUT2D eigenvalue weighted by atomic mass is 32.1. The molecule has 4 heteroatoms. The summed E-state index contributed by atoms with van der Waals surface area (Å²) in [6.45, 7) is 4.79. The van der Waals surface area contributed by atoms with Gasteiger partial charge in [-0.2, -0.15) is 0 Å². The maximum Gasteiger partial charge on any atom is 0.0716 e. The van der Waals surface area contributed by atoms with E-state index in [1.165, 1.54) is 21.7 Å². The minimum Gasteiger partial charge on any atom is -0.378 e. The molecule has 4 rings (SSSR count).